The van der Waals surface area contributed by atoms with Crippen molar-refractivity contribution >= 4 is 11.9 Å². The monoisotopic (exact) mass is 243 g/mol. The molecule has 0 saturated heterocycles. The summed E-state index contributed by atoms with van der Waals surface area (Å²) in [6.07, 6.45) is 4.49. The average Bonchev–Trinajstić information content (AvgIpc) is 2.26. The van der Waals surface area contributed by atoms with Crippen LogP contribution in [-0.2, 0) is 14.3 Å². The molecule has 5 nitrogen and oxygen atoms in total. The molecule has 1 aliphatic rings. The molecule has 0 unspecified atom stereocenters. The van der Waals surface area contributed by atoms with Gasteiger partial charge < -0.3 is 15.2 Å². The summed E-state index contributed by atoms with van der Waals surface area (Å²) < 4.78 is 5.49. The zero-order valence-corrected chi connectivity index (χ0v) is 10.4. The van der Waals surface area contributed by atoms with Crippen molar-refractivity contribution < 1.29 is 19.4 Å². The minimum absolute atomic E-state index is 0.0466. The third-order valence-corrected chi connectivity index (χ3v) is 3.09. The number of amides is 1. The quantitative estimate of drug-likeness (QED) is 0.760. The van der Waals surface area contributed by atoms with Crippen molar-refractivity contribution in [3.63, 3.8) is 0 Å². The van der Waals surface area contributed by atoms with Crippen molar-refractivity contribution in [3.8, 4) is 0 Å². The first-order chi connectivity index (χ1) is 7.99. The molecule has 1 fully saturated rings. The molecule has 2 N–H and O–H groups in total. The average molecular weight is 243 g/mol. The molecule has 0 aromatic carbocycles. The fourth-order valence-corrected chi connectivity index (χ4v) is 2.07. The largest absolute Gasteiger partial charge is 0.480 e. The minimum atomic E-state index is -1.04. The summed E-state index contributed by atoms with van der Waals surface area (Å²) in [6.45, 7) is 3.57. The summed E-state index contributed by atoms with van der Waals surface area (Å²) in [5, 5.41) is 11.0. The van der Waals surface area contributed by atoms with Crippen LogP contribution in [-0.4, -0.2) is 35.7 Å². The maximum Gasteiger partial charge on any atom is 0.325 e. The Morgan fingerprint density at radius 3 is 2.76 bits per heavy atom. The fraction of sp³-hybridized carbons (Fsp3) is 0.833. The van der Waals surface area contributed by atoms with Crippen LogP contribution in [0.2, 0.25) is 0 Å². The second-order valence-electron chi connectivity index (χ2n) is 4.83. The molecule has 1 saturated carbocycles. The summed E-state index contributed by atoms with van der Waals surface area (Å²) in [5.74, 6) is -0.752. The van der Waals surface area contributed by atoms with E-state index in [2.05, 4.69) is 12.2 Å². The van der Waals surface area contributed by atoms with Gasteiger partial charge in [-0.2, -0.15) is 0 Å². The molecule has 0 aromatic rings. The van der Waals surface area contributed by atoms with E-state index in [0.717, 1.165) is 19.3 Å². The lowest BCUT2D eigenvalue weighted by molar-refractivity contribution is -0.142. The highest BCUT2D eigenvalue weighted by molar-refractivity contribution is 5.83. The van der Waals surface area contributed by atoms with Gasteiger partial charge in [-0.05, 0) is 25.7 Å². The standard InChI is InChI=1S/C12H21NO4/c1-8-4-3-5-10(6-8)17-7-11(14)13-9(2)12(15)16/h8-10H,3-7H2,1-2H3,(H,13,14)(H,15,16)/t8-,9+,10-/m0/s1. The van der Waals surface area contributed by atoms with Crippen LogP contribution >= 0.6 is 0 Å². The highest BCUT2D eigenvalue weighted by Crippen LogP contribution is 2.25. The van der Waals surface area contributed by atoms with Gasteiger partial charge in [0.05, 0.1) is 6.10 Å². The van der Waals surface area contributed by atoms with Crippen LogP contribution in [0.5, 0.6) is 0 Å². The second-order valence-corrected chi connectivity index (χ2v) is 4.83. The summed E-state index contributed by atoms with van der Waals surface area (Å²) in [7, 11) is 0. The van der Waals surface area contributed by atoms with Crippen LogP contribution in [0, 0.1) is 5.92 Å². The van der Waals surface area contributed by atoms with Crippen molar-refractivity contribution in [1.29, 1.82) is 0 Å². The van der Waals surface area contributed by atoms with Crippen LogP contribution in [0.25, 0.3) is 0 Å². The Hall–Kier alpha value is -1.10. The molecule has 98 valence electrons. The molecule has 0 aromatic heterocycles. The second kappa shape index (κ2) is 6.59. The molecule has 0 spiro atoms. The molecular weight excluding hydrogens is 222 g/mol. The zero-order valence-electron chi connectivity index (χ0n) is 10.4. The number of ether oxygens (including phenoxy) is 1. The first-order valence-electron chi connectivity index (χ1n) is 6.12. The number of nitrogens with one attached hydrogen (secondary N) is 1. The lowest BCUT2D eigenvalue weighted by atomic mass is 9.89. The van der Waals surface area contributed by atoms with Crippen molar-refractivity contribution in [2.75, 3.05) is 6.61 Å². The summed E-state index contributed by atoms with van der Waals surface area (Å²) in [6, 6.07) is -0.864. The number of carbonyl (C=O) groups excluding carboxylic acids is 1. The SMILES string of the molecule is C[C@H]1CCC[C@H](OCC(=O)N[C@H](C)C(=O)O)C1. The molecule has 1 amide bonds. The number of hydrogen-bond donors (Lipinski definition) is 2. The van der Waals surface area contributed by atoms with Crippen LogP contribution in [0.15, 0.2) is 0 Å². The Morgan fingerprint density at radius 1 is 1.47 bits per heavy atom. The van der Waals surface area contributed by atoms with Gasteiger partial charge in [-0.1, -0.05) is 19.8 Å². The van der Waals surface area contributed by atoms with E-state index < -0.39 is 12.0 Å². The van der Waals surface area contributed by atoms with Crippen LogP contribution in [0.3, 0.4) is 0 Å². The van der Waals surface area contributed by atoms with E-state index in [9.17, 15) is 9.59 Å². The van der Waals surface area contributed by atoms with Crippen molar-refractivity contribution in [2.45, 2.75) is 51.7 Å². The van der Waals surface area contributed by atoms with Gasteiger partial charge >= 0.3 is 5.97 Å². The molecule has 0 radical (unpaired) electrons. The van der Waals surface area contributed by atoms with E-state index in [1.165, 1.54) is 13.3 Å². The summed E-state index contributed by atoms with van der Waals surface area (Å²) in [4.78, 5) is 21.9. The Morgan fingerprint density at radius 2 is 2.18 bits per heavy atom. The molecule has 1 aliphatic carbocycles. The number of rotatable bonds is 5. The van der Waals surface area contributed by atoms with E-state index in [4.69, 9.17) is 9.84 Å². The third kappa shape index (κ3) is 5.17. The Bertz CT molecular complexity index is 280. The van der Waals surface area contributed by atoms with E-state index >= 15 is 0 Å². The van der Waals surface area contributed by atoms with Gasteiger partial charge in [0.25, 0.3) is 0 Å². The van der Waals surface area contributed by atoms with Crippen molar-refractivity contribution in [2.24, 2.45) is 5.92 Å². The number of carboxylic acids is 1. The third-order valence-electron chi connectivity index (χ3n) is 3.09. The van der Waals surface area contributed by atoms with Crippen LogP contribution in [0.1, 0.15) is 39.5 Å². The van der Waals surface area contributed by atoms with E-state index in [1.54, 1.807) is 0 Å². The zero-order chi connectivity index (χ0) is 12.8. The molecule has 5 heteroatoms. The van der Waals surface area contributed by atoms with E-state index in [0.29, 0.717) is 5.92 Å². The molecule has 0 aliphatic heterocycles. The number of carboxylic acid groups (broad SMARTS) is 1. The topological polar surface area (TPSA) is 75.6 Å². The highest BCUT2D eigenvalue weighted by atomic mass is 16.5. The van der Waals surface area contributed by atoms with Crippen LogP contribution in [0.4, 0.5) is 0 Å². The smallest absolute Gasteiger partial charge is 0.325 e. The maximum absolute atomic E-state index is 11.4. The Labute approximate surface area is 102 Å². The predicted octanol–water partition coefficient (Wildman–Crippen LogP) is 1.17. The predicted molar refractivity (Wildman–Crippen MR) is 62.6 cm³/mol. The fourth-order valence-electron chi connectivity index (χ4n) is 2.07. The molecule has 0 heterocycles. The van der Waals surface area contributed by atoms with Gasteiger partial charge in [-0.15, -0.1) is 0 Å². The summed E-state index contributed by atoms with van der Waals surface area (Å²) in [5.41, 5.74) is 0. The molecule has 3 atom stereocenters. The van der Waals surface area contributed by atoms with Gasteiger partial charge in [-0.3, -0.25) is 9.59 Å². The van der Waals surface area contributed by atoms with Gasteiger partial charge in [0, 0.05) is 0 Å². The first-order valence-corrected chi connectivity index (χ1v) is 6.12. The number of hydrogen-bond acceptors (Lipinski definition) is 3. The summed E-state index contributed by atoms with van der Waals surface area (Å²) >= 11 is 0. The lowest BCUT2D eigenvalue weighted by Gasteiger charge is -2.26. The Kier molecular flexibility index (Phi) is 5.41. The molecule has 0 bridgehead atoms. The van der Waals surface area contributed by atoms with Gasteiger partial charge in [-0.25, -0.2) is 0 Å². The van der Waals surface area contributed by atoms with E-state index in [-0.39, 0.29) is 18.6 Å². The van der Waals surface area contributed by atoms with Crippen molar-refractivity contribution in [1.82, 2.24) is 5.32 Å². The van der Waals surface area contributed by atoms with Gasteiger partial charge in [0.2, 0.25) is 5.91 Å². The number of carbonyl (C=O) groups is 2. The first kappa shape index (κ1) is 14.0. The normalized spacial score (nSPS) is 26.2. The molecular formula is C12H21NO4. The number of aliphatic carboxylic acids is 1. The van der Waals surface area contributed by atoms with Crippen molar-refractivity contribution in [3.05, 3.63) is 0 Å². The van der Waals surface area contributed by atoms with E-state index in [1.807, 2.05) is 0 Å². The molecule has 17 heavy (non-hydrogen) atoms. The lowest BCUT2D eigenvalue weighted by Crippen LogP contribution is -2.41. The van der Waals surface area contributed by atoms with Gasteiger partial charge in [0.15, 0.2) is 0 Å². The maximum atomic E-state index is 11.4. The van der Waals surface area contributed by atoms with Gasteiger partial charge in [0.1, 0.15) is 12.6 Å². The Balaban J connectivity index is 2.21. The molecule has 1 rings (SSSR count). The minimum Gasteiger partial charge on any atom is -0.480 e. The highest BCUT2D eigenvalue weighted by Gasteiger charge is 2.21. The van der Waals surface area contributed by atoms with Crippen LogP contribution < -0.4 is 5.32 Å².